The van der Waals surface area contributed by atoms with Crippen LogP contribution in [0.15, 0.2) is 11.4 Å². The number of carbonyl (C=O) groups is 3. The van der Waals surface area contributed by atoms with Gasteiger partial charge in [-0.25, -0.2) is 9.59 Å². The van der Waals surface area contributed by atoms with E-state index in [4.69, 9.17) is 9.57 Å². The molecule has 1 amide bonds. The highest BCUT2D eigenvalue weighted by atomic mass is 32.1. The van der Waals surface area contributed by atoms with Gasteiger partial charge in [-0.05, 0) is 81.1 Å². The van der Waals surface area contributed by atoms with Crippen molar-refractivity contribution in [1.82, 2.24) is 9.96 Å². The van der Waals surface area contributed by atoms with Crippen LogP contribution in [0, 0.1) is 5.41 Å². The number of fused-ring (bicyclic) bond motifs is 2. The van der Waals surface area contributed by atoms with E-state index in [0.717, 1.165) is 31.1 Å². The zero-order valence-corrected chi connectivity index (χ0v) is 16.5. The minimum absolute atomic E-state index is 0.215. The molecule has 3 aliphatic heterocycles. The normalized spacial score (nSPS) is 29.4. The first-order chi connectivity index (χ1) is 13.6. The van der Waals surface area contributed by atoms with Gasteiger partial charge >= 0.3 is 11.9 Å². The molecule has 28 heavy (non-hydrogen) atoms. The summed E-state index contributed by atoms with van der Waals surface area (Å²) in [6, 6.07) is 2.30. The molecule has 1 aromatic rings. The molecule has 0 bridgehead atoms. The van der Waals surface area contributed by atoms with E-state index in [9.17, 15) is 14.4 Å². The highest BCUT2D eigenvalue weighted by Crippen LogP contribution is 2.46. The standard InChI is InChI=1S/C20H24N2O5S/c23-17-18(24)27-22-16(26-17)12-20(19(22)25)6-9-21(10-7-20)8-4-13-2-1-3-15-14(13)5-11-28-15/h5,11,13,16H,1-4,6-10,12H2. The molecule has 3 saturated heterocycles. The molecule has 150 valence electrons. The predicted octanol–water partition coefficient (Wildman–Crippen LogP) is 2.21. The van der Waals surface area contributed by atoms with Gasteiger partial charge in [0.1, 0.15) is 0 Å². The highest BCUT2D eigenvalue weighted by molar-refractivity contribution is 7.10. The third-order valence-corrected chi connectivity index (χ3v) is 7.85. The fraction of sp³-hybridized carbons (Fsp3) is 0.650. The SMILES string of the molecule is O=C1OC2CC3(CCN(CCC4CCCc5sccc54)CC3)C(=O)N2OC1=O. The number of ether oxygens (including phenoxy) is 1. The van der Waals surface area contributed by atoms with Gasteiger partial charge in [0.25, 0.3) is 5.91 Å². The lowest BCUT2D eigenvalue weighted by Crippen LogP contribution is -2.48. The molecule has 5 rings (SSSR count). The van der Waals surface area contributed by atoms with E-state index in [2.05, 4.69) is 16.3 Å². The van der Waals surface area contributed by atoms with Gasteiger partial charge in [0.2, 0.25) is 6.23 Å². The number of hydrogen-bond acceptors (Lipinski definition) is 7. The number of rotatable bonds is 3. The van der Waals surface area contributed by atoms with Gasteiger partial charge in [-0.2, -0.15) is 0 Å². The lowest BCUT2D eigenvalue weighted by Gasteiger charge is -2.38. The maximum absolute atomic E-state index is 12.8. The Labute approximate surface area is 167 Å². The molecule has 2 unspecified atom stereocenters. The smallest absolute Gasteiger partial charge is 0.430 e. The lowest BCUT2D eigenvalue weighted by atomic mass is 9.76. The van der Waals surface area contributed by atoms with Crippen LogP contribution in [0.2, 0.25) is 0 Å². The van der Waals surface area contributed by atoms with Crippen LogP contribution in [0.25, 0.3) is 0 Å². The Morgan fingerprint density at radius 2 is 2.00 bits per heavy atom. The summed E-state index contributed by atoms with van der Waals surface area (Å²) in [5.41, 5.74) is 0.980. The number of esters is 1. The van der Waals surface area contributed by atoms with Crippen LogP contribution in [0.3, 0.4) is 0 Å². The molecule has 4 heterocycles. The van der Waals surface area contributed by atoms with Crippen molar-refractivity contribution in [2.45, 2.75) is 57.1 Å². The number of amides is 1. The van der Waals surface area contributed by atoms with Gasteiger partial charge in [-0.3, -0.25) is 4.79 Å². The Morgan fingerprint density at radius 1 is 1.18 bits per heavy atom. The Hall–Kier alpha value is -1.93. The Morgan fingerprint density at radius 3 is 2.82 bits per heavy atom. The molecule has 1 spiro atoms. The third-order valence-electron chi connectivity index (χ3n) is 6.85. The number of nitrogens with zero attached hydrogens (tertiary/aromatic N) is 2. The maximum atomic E-state index is 12.8. The minimum atomic E-state index is -1.11. The lowest BCUT2D eigenvalue weighted by molar-refractivity contribution is -0.250. The molecule has 4 aliphatic rings. The minimum Gasteiger partial charge on any atom is -0.430 e. The van der Waals surface area contributed by atoms with E-state index in [1.165, 1.54) is 19.3 Å². The van der Waals surface area contributed by atoms with Crippen molar-refractivity contribution in [3.05, 3.63) is 21.9 Å². The number of thiophene rings is 1. The fourth-order valence-corrected chi connectivity index (χ4v) is 6.21. The van der Waals surface area contributed by atoms with Gasteiger partial charge in [-0.15, -0.1) is 16.4 Å². The first-order valence-corrected chi connectivity index (χ1v) is 11.0. The van der Waals surface area contributed by atoms with Crippen molar-refractivity contribution in [1.29, 1.82) is 0 Å². The van der Waals surface area contributed by atoms with E-state index in [1.54, 1.807) is 10.4 Å². The van der Waals surface area contributed by atoms with Crippen molar-refractivity contribution in [3.63, 3.8) is 0 Å². The van der Waals surface area contributed by atoms with Crippen LogP contribution in [-0.2, 0) is 30.4 Å². The van der Waals surface area contributed by atoms with Crippen molar-refractivity contribution in [3.8, 4) is 0 Å². The van der Waals surface area contributed by atoms with E-state index >= 15 is 0 Å². The van der Waals surface area contributed by atoms with Crippen LogP contribution < -0.4 is 0 Å². The van der Waals surface area contributed by atoms with E-state index in [0.29, 0.717) is 25.2 Å². The van der Waals surface area contributed by atoms with Crippen LogP contribution in [0.1, 0.15) is 54.9 Å². The molecule has 0 radical (unpaired) electrons. The van der Waals surface area contributed by atoms with Crippen LogP contribution in [0.5, 0.6) is 0 Å². The predicted molar refractivity (Wildman–Crippen MR) is 100 cm³/mol. The van der Waals surface area contributed by atoms with Gasteiger partial charge in [0.05, 0.1) is 5.41 Å². The van der Waals surface area contributed by atoms with Gasteiger partial charge in [-0.1, -0.05) is 0 Å². The molecule has 8 heteroatoms. The van der Waals surface area contributed by atoms with E-state index < -0.39 is 23.6 Å². The molecule has 0 aromatic carbocycles. The Kier molecular flexibility index (Phi) is 4.43. The summed E-state index contributed by atoms with van der Waals surface area (Å²) < 4.78 is 5.08. The third kappa shape index (κ3) is 2.93. The highest BCUT2D eigenvalue weighted by Gasteiger charge is 2.58. The average Bonchev–Trinajstić information content (AvgIpc) is 3.27. The molecule has 3 fully saturated rings. The van der Waals surface area contributed by atoms with E-state index in [-0.39, 0.29) is 5.91 Å². The second kappa shape index (κ2) is 6.84. The van der Waals surface area contributed by atoms with Crippen molar-refractivity contribution in [2.75, 3.05) is 19.6 Å². The number of carbonyl (C=O) groups excluding carboxylic acids is 3. The zero-order valence-electron chi connectivity index (χ0n) is 15.7. The monoisotopic (exact) mass is 404 g/mol. The second-order valence-electron chi connectivity index (χ2n) is 8.37. The number of hydrogen-bond donors (Lipinski definition) is 0. The van der Waals surface area contributed by atoms with Gasteiger partial charge < -0.3 is 14.5 Å². The maximum Gasteiger partial charge on any atom is 0.441 e. The second-order valence-corrected chi connectivity index (χ2v) is 9.37. The van der Waals surface area contributed by atoms with Crippen molar-refractivity contribution in [2.24, 2.45) is 5.41 Å². The van der Waals surface area contributed by atoms with Crippen molar-refractivity contribution >= 4 is 29.2 Å². The summed E-state index contributed by atoms with van der Waals surface area (Å²) in [7, 11) is 0. The first kappa shape index (κ1) is 18.1. The van der Waals surface area contributed by atoms with Crippen LogP contribution >= 0.6 is 11.3 Å². The molecular formula is C20H24N2O5S. The molecule has 1 aromatic heterocycles. The quantitative estimate of drug-likeness (QED) is 0.568. The summed E-state index contributed by atoms with van der Waals surface area (Å²) in [6.07, 6.45) is 6.02. The summed E-state index contributed by atoms with van der Waals surface area (Å²) in [6.45, 7) is 2.73. The van der Waals surface area contributed by atoms with Gasteiger partial charge in [0, 0.05) is 11.3 Å². The molecule has 1 aliphatic carbocycles. The van der Waals surface area contributed by atoms with Crippen LogP contribution in [-0.4, -0.2) is 53.7 Å². The molecule has 0 N–H and O–H groups in total. The molecular weight excluding hydrogens is 380 g/mol. The average molecular weight is 404 g/mol. The first-order valence-electron chi connectivity index (χ1n) is 10.1. The summed E-state index contributed by atoms with van der Waals surface area (Å²) in [4.78, 5) is 44.6. The van der Waals surface area contributed by atoms with Crippen molar-refractivity contribution < 1.29 is 24.0 Å². The van der Waals surface area contributed by atoms with Crippen LogP contribution in [0.4, 0.5) is 0 Å². The summed E-state index contributed by atoms with van der Waals surface area (Å²) in [5.74, 6) is -1.68. The summed E-state index contributed by atoms with van der Waals surface area (Å²) >= 11 is 1.89. The topological polar surface area (TPSA) is 76.2 Å². The number of piperidine rings is 1. The number of hydroxylamine groups is 2. The number of aryl methyl sites for hydroxylation is 1. The number of likely N-dealkylation sites (tertiary alicyclic amines) is 1. The molecule has 7 nitrogen and oxygen atoms in total. The molecule has 2 atom stereocenters. The largest absolute Gasteiger partial charge is 0.441 e. The molecule has 0 saturated carbocycles. The van der Waals surface area contributed by atoms with E-state index in [1.807, 2.05) is 11.3 Å². The zero-order chi connectivity index (χ0) is 19.3. The summed E-state index contributed by atoms with van der Waals surface area (Å²) in [5, 5.41) is 3.20. The Balaban J connectivity index is 1.18. The Bertz CT molecular complexity index is 813. The van der Waals surface area contributed by atoms with Gasteiger partial charge in [0.15, 0.2) is 0 Å². The fourth-order valence-electron chi connectivity index (χ4n) is 5.20.